The van der Waals surface area contributed by atoms with E-state index in [1.165, 1.54) is 24.6 Å². The molecule has 2 rings (SSSR count). The van der Waals surface area contributed by atoms with Crippen LogP contribution in [0.3, 0.4) is 0 Å². The van der Waals surface area contributed by atoms with Gasteiger partial charge in [-0.05, 0) is 36.6 Å². The number of hydrogen-bond donors (Lipinski definition) is 1. The highest BCUT2D eigenvalue weighted by atomic mass is 19.4. The van der Waals surface area contributed by atoms with E-state index in [0.717, 1.165) is 37.8 Å². The predicted octanol–water partition coefficient (Wildman–Crippen LogP) is 4.17. The van der Waals surface area contributed by atoms with Crippen molar-refractivity contribution in [3.63, 3.8) is 0 Å². The number of rotatable bonds is 3. The molecule has 5 heteroatoms. The van der Waals surface area contributed by atoms with Gasteiger partial charge in [0.2, 0.25) is 5.91 Å². The maximum Gasteiger partial charge on any atom is 0.416 e. The summed E-state index contributed by atoms with van der Waals surface area (Å²) in [7, 11) is 0. The molecule has 0 aliphatic heterocycles. The van der Waals surface area contributed by atoms with Gasteiger partial charge in [-0.15, -0.1) is 0 Å². The van der Waals surface area contributed by atoms with Gasteiger partial charge in [-0.2, -0.15) is 13.2 Å². The summed E-state index contributed by atoms with van der Waals surface area (Å²) in [6.45, 7) is 0. The Morgan fingerprint density at radius 3 is 2.57 bits per heavy atom. The van der Waals surface area contributed by atoms with Gasteiger partial charge in [0.1, 0.15) is 0 Å². The summed E-state index contributed by atoms with van der Waals surface area (Å²) in [5, 5.41) is 2.89. The Hall–Kier alpha value is -1.78. The second kappa shape index (κ2) is 6.78. The Morgan fingerprint density at radius 1 is 1.19 bits per heavy atom. The lowest BCUT2D eigenvalue weighted by Crippen LogP contribution is -2.34. The van der Waals surface area contributed by atoms with Crippen LogP contribution < -0.4 is 5.32 Å². The normalized spacial score (nSPS) is 17.1. The zero-order valence-electron chi connectivity index (χ0n) is 11.6. The van der Waals surface area contributed by atoms with Crippen LogP contribution in [0.15, 0.2) is 30.3 Å². The number of amides is 1. The van der Waals surface area contributed by atoms with E-state index >= 15 is 0 Å². The van der Waals surface area contributed by atoms with Crippen LogP contribution in [0, 0.1) is 0 Å². The van der Waals surface area contributed by atoms with E-state index < -0.39 is 11.7 Å². The van der Waals surface area contributed by atoms with Crippen LogP contribution in [0.25, 0.3) is 6.08 Å². The quantitative estimate of drug-likeness (QED) is 0.834. The largest absolute Gasteiger partial charge is 0.416 e. The highest BCUT2D eigenvalue weighted by Gasteiger charge is 2.30. The number of halogens is 3. The molecule has 1 aliphatic rings. The maximum absolute atomic E-state index is 12.6. The molecule has 0 saturated heterocycles. The topological polar surface area (TPSA) is 29.1 Å². The van der Waals surface area contributed by atoms with Crippen LogP contribution in [0.1, 0.15) is 43.2 Å². The highest BCUT2D eigenvalue weighted by Crippen LogP contribution is 2.29. The number of carbonyl (C=O) groups excluding carboxylic acids is 1. The van der Waals surface area contributed by atoms with Gasteiger partial charge >= 0.3 is 6.18 Å². The van der Waals surface area contributed by atoms with E-state index in [4.69, 9.17) is 0 Å². The Kier molecular flexibility index (Phi) is 5.04. The Balaban J connectivity index is 1.95. The molecule has 0 bridgehead atoms. The molecular weight excluding hydrogens is 279 g/mol. The van der Waals surface area contributed by atoms with Crippen LogP contribution >= 0.6 is 0 Å². The van der Waals surface area contributed by atoms with Crippen molar-refractivity contribution >= 4 is 12.0 Å². The first-order valence-corrected chi connectivity index (χ1v) is 7.11. The summed E-state index contributed by atoms with van der Waals surface area (Å²) in [5.41, 5.74) is -0.346. The van der Waals surface area contributed by atoms with E-state index in [0.29, 0.717) is 5.56 Å². The van der Waals surface area contributed by atoms with Gasteiger partial charge < -0.3 is 5.32 Å². The molecule has 2 nitrogen and oxygen atoms in total. The van der Waals surface area contributed by atoms with E-state index in [-0.39, 0.29) is 11.9 Å². The lowest BCUT2D eigenvalue weighted by Gasteiger charge is -2.21. The first kappa shape index (κ1) is 15.6. The van der Waals surface area contributed by atoms with Gasteiger partial charge in [-0.1, -0.05) is 31.4 Å². The van der Waals surface area contributed by atoms with E-state index in [1.54, 1.807) is 6.07 Å². The van der Waals surface area contributed by atoms with Crippen molar-refractivity contribution in [1.82, 2.24) is 5.32 Å². The number of hydrogen-bond acceptors (Lipinski definition) is 1. The minimum atomic E-state index is -4.37. The van der Waals surface area contributed by atoms with Crippen molar-refractivity contribution in [3.8, 4) is 0 Å². The molecule has 1 amide bonds. The van der Waals surface area contributed by atoms with Gasteiger partial charge in [0.15, 0.2) is 0 Å². The summed E-state index contributed by atoms with van der Waals surface area (Å²) >= 11 is 0. The third-order valence-corrected chi connectivity index (χ3v) is 3.59. The second-order valence-corrected chi connectivity index (χ2v) is 5.30. The molecule has 0 heterocycles. The summed E-state index contributed by atoms with van der Waals surface area (Å²) in [5.74, 6) is -0.251. The molecule has 1 N–H and O–H groups in total. The number of benzene rings is 1. The summed E-state index contributed by atoms with van der Waals surface area (Å²) in [6, 6.07) is 5.11. The molecule has 0 radical (unpaired) electrons. The molecule has 0 aromatic heterocycles. The number of nitrogens with one attached hydrogen (secondary N) is 1. The number of alkyl halides is 3. The monoisotopic (exact) mass is 297 g/mol. The Labute approximate surface area is 122 Å². The second-order valence-electron chi connectivity index (χ2n) is 5.30. The van der Waals surface area contributed by atoms with E-state index in [9.17, 15) is 18.0 Å². The van der Waals surface area contributed by atoms with Crippen molar-refractivity contribution in [2.75, 3.05) is 0 Å². The van der Waals surface area contributed by atoms with Gasteiger partial charge in [-0.3, -0.25) is 4.79 Å². The minimum absolute atomic E-state index is 0.192. The van der Waals surface area contributed by atoms with Crippen LogP contribution in [0.5, 0.6) is 0 Å². The Bertz CT molecular complexity index is 516. The minimum Gasteiger partial charge on any atom is -0.350 e. The number of carbonyl (C=O) groups is 1. The first-order valence-electron chi connectivity index (χ1n) is 7.11. The standard InChI is InChI=1S/C16H18F3NO/c17-16(18,19)13-6-4-5-12(11-13)9-10-15(21)20-14-7-2-1-3-8-14/h4-6,9-11,14H,1-3,7-8H2,(H,20,21). The molecule has 1 saturated carbocycles. The maximum atomic E-state index is 12.6. The highest BCUT2D eigenvalue weighted by molar-refractivity contribution is 5.91. The van der Waals surface area contributed by atoms with Gasteiger partial charge in [0.25, 0.3) is 0 Å². The molecule has 0 unspecified atom stereocenters. The average molecular weight is 297 g/mol. The third-order valence-electron chi connectivity index (χ3n) is 3.59. The average Bonchev–Trinajstić information content (AvgIpc) is 2.46. The first-order chi connectivity index (χ1) is 9.95. The van der Waals surface area contributed by atoms with Crippen molar-refractivity contribution in [2.24, 2.45) is 0 Å². The zero-order valence-corrected chi connectivity index (χ0v) is 11.6. The fraction of sp³-hybridized carbons (Fsp3) is 0.438. The molecule has 0 atom stereocenters. The fourth-order valence-corrected chi connectivity index (χ4v) is 2.49. The van der Waals surface area contributed by atoms with Crippen LogP contribution in [-0.2, 0) is 11.0 Å². The zero-order chi connectivity index (χ0) is 15.3. The Morgan fingerprint density at radius 2 is 1.90 bits per heavy atom. The molecular formula is C16H18F3NO. The summed E-state index contributed by atoms with van der Waals surface area (Å²) < 4.78 is 37.7. The molecule has 114 valence electrons. The van der Waals surface area contributed by atoms with E-state index in [2.05, 4.69) is 5.32 Å². The molecule has 1 aliphatic carbocycles. The SMILES string of the molecule is O=C(C=Cc1cccc(C(F)(F)F)c1)NC1CCCCC1. The van der Waals surface area contributed by atoms with Gasteiger partial charge in [0, 0.05) is 12.1 Å². The molecule has 1 aromatic carbocycles. The summed E-state index contributed by atoms with van der Waals surface area (Å²) in [6.07, 6.45) is 3.72. The molecule has 21 heavy (non-hydrogen) atoms. The van der Waals surface area contributed by atoms with Crippen LogP contribution in [0.2, 0.25) is 0 Å². The molecule has 0 spiro atoms. The van der Waals surface area contributed by atoms with Crippen molar-refractivity contribution in [3.05, 3.63) is 41.5 Å². The lowest BCUT2D eigenvalue weighted by atomic mass is 9.95. The smallest absolute Gasteiger partial charge is 0.350 e. The van der Waals surface area contributed by atoms with Crippen LogP contribution in [-0.4, -0.2) is 11.9 Å². The fourth-order valence-electron chi connectivity index (χ4n) is 2.49. The summed E-state index contributed by atoms with van der Waals surface area (Å²) in [4.78, 5) is 11.7. The molecule has 1 aromatic rings. The van der Waals surface area contributed by atoms with E-state index in [1.807, 2.05) is 0 Å². The van der Waals surface area contributed by atoms with Crippen LogP contribution in [0.4, 0.5) is 13.2 Å². The van der Waals surface area contributed by atoms with Crippen molar-refractivity contribution in [1.29, 1.82) is 0 Å². The predicted molar refractivity (Wildman–Crippen MR) is 75.5 cm³/mol. The van der Waals surface area contributed by atoms with Crippen molar-refractivity contribution < 1.29 is 18.0 Å². The third kappa shape index (κ3) is 4.92. The van der Waals surface area contributed by atoms with Gasteiger partial charge in [-0.25, -0.2) is 0 Å². The van der Waals surface area contributed by atoms with Crippen molar-refractivity contribution in [2.45, 2.75) is 44.3 Å². The molecule has 1 fully saturated rings. The van der Waals surface area contributed by atoms with Gasteiger partial charge in [0.05, 0.1) is 5.56 Å². The lowest BCUT2D eigenvalue weighted by molar-refractivity contribution is -0.137.